The van der Waals surface area contributed by atoms with E-state index in [-0.39, 0.29) is 23.6 Å². The minimum atomic E-state index is 0. The summed E-state index contributed by atoms with van der Waals surface area (Å²) in [5.74, 6) is 1.05. The molecule has 22 heavy (non-hydrogen) atoms. The fourth-order valence-corrected chi connectivity index (χ4v) is 2.82. The van der Waals surface area contributed by atoms with Gasteiger partial charge in [-0.15, -0.1) is 12.4 Å². The Hall–Kier alpha value is -1.87. The molecule has 3 rings (SSSR count). The average Bonchev–Trinajstić information content (AvgIpc) is 2.44. The summed E-state index contributed by atoms with van der Waals surface area (Å²) in [5, 5.41) is 3.33. The van der Waals surface area contributed by atoms with Gasteiger partial charge in [-0.2, -0.15) is 0 Å². The highest BCUT2D eigenvalue weighted by Crippen LogP contribution is 2.34. The second-order valence-electron chi connectivity index (χ2n) is 6.47. The van der Waals surface area contributed by atoms with Crippen molar-refractivity contribution in [2.75, 3.05) is 5.32 Å². The predicted molar refractivity (Wildman–Crippen MR) is 91.7 cm³/mol. The molecule has 1 aliphatic rings. The van der Waals surface area contributed by atoms with Crippen LogP contribution >= 0.6 is 12.4 Å². The largest absolute Gasteiger partial charge is 0.366 e. The van der Waals surface area contributed by atoms with Crippen LogP contribution in [0.5, 0.6) is 0 Å². The quantitative estimate of drug-likeness (QED) is 0.919. The Labute approximate surface area is 137 Å². The number of hydrogen-bond donors (Lipinski definition) is 1. The van der Waals surface area contributed by atoms with Gasteiger partial charge in [0.25, 0.3) is 0 Å². The Bertz CT molecular complexity index is 668. The Morgan fingerprint density at radius 3 is 2.55 bits per heavy atom. The van der Waals surface area contributed by atoms with E-state index in [9.17, 15) is 4.79 Å². The highest BCUT2D eigenvalue weighted by Gasteiger charge is 2.31. The Balaban J connectivity index is 0.00000176. The summed E-state index contributed by atoms with van der Waals surface area (Å²) in [6.45, 7) is 4.99. The number of hydrogen-bond acceptors (Lipinski definition) is 3. The molecule has 0 bridgehead atoms. The molecule has 0 radical (unpaired) electrons. The number of carbonyl (C=O) groups excluding carboxylic acids is 1. The zero-order valence-electron chi connectivity index (χ0n) is 12.9. The lowest BCUT2D eigenvalue weighted by molar-refractivity contribution is 0.0910. The lowest BCUT2D eigenvalue weighted by Gasteiger charge is -2.29. The van der Waals surface area contributed by atoms with Gasteiger partial charge in [-0.1, -0.05) is 44.2 Å². The fraction of sp³-hybridized carbons (Fsp3) is 0.333. The van der Waals surface area contributed by atoms with Crippen LogP contribution in [0.1, 0.15) is 41.9 Å². The number of rotatable bonds is 3. The number of anilines is 1. The van der Waals surface area contributed by atoms with Crippen LogP contribution in [0.15, 0.2) is 42.5 Å². The number of benzene rings is 1. The topological polar surface area (TPSA) is 42.0 Å². The molecule has 116 valence electrons. The van der Waals surface area contributed by atoms with Gasteiger partial charge in [0, 0.05) is 18.5 Å². The standard InChI is InChI=1S/C18H20N2O.ClH/c1-18(2)10-15-14(16(21)11-18)8-9-17(20-15)19-12-13-6-4-3-5-7-13;/h3-9H,10-12H2,1-2H3,(H,19,20);1H. The average molecular weight is 317 g/mol. The second kappa shape index (κ2) is 6.49. The van der Waals surface area contributed by atoms with E-state index in [1.807, 2.05) is 30.3 Å². The monoisotopic (exact) mass is 316 g/mol. The van der Waals surface area contributed by atoms with Crippen molar-refractivity contribution >= 4 is 24.0 Å². The summed E-state index contributed by atoms with van der Waals surface area (Å²) < 4.78 is 0. The van der Waals surface area contributed by atoms with Crippen LogP contribution in [-0.4, -0.2) is 10.8 Å². The van der Waals surface area contributed by atoms with E-state index in [2.05, 4.69) is 36.3 Å². The third kappa shape index (κ3) is 3.66. The van der Waals surface area contributed by atoms with Gasteiger partial charge in [0.2, 0.25) is 0 Å². The minimum absolute atomic E-state index is 0. The minimum Gasteiger partial charge on any atom is -0.366 e. The molecular weight excluding hydrogens is 296 g/mol. The number of carbonyl (C=O) groups is 1. The van der Waals surface area contributed by atoms with Crippen LogP contribution in [0.3, 0.4) is 0 Å². The first-order valence-electron chi connectivity index (χ1n) is 7.34. The molecule has 0 atom stereocenters. The van der Waals surface area contributed by atoms with Gasteiger partial charge in [-0.05, 0) is 29.5 Å². The summed E-state index contributed by atoms with van der Waals surface area (Å²) in [7, 11) is 0. The molecule has 2 aromatic rings. The Kier molecular flexibility index (Phi) is 4.87. The van der Waals surface area contributed by atoms with E-state index in [1.54, 1.807) is 0 Å². The van der Waals surface area contributed by atoms with Crippen molar-refractivity contribution in [1.82, 2.24) is 4.98 Å². The predicted octanol–water partition coefficient (Wildman–Crippen LogP) is 4.27. The van der Waals surface area contributed by atoms with E-state index in [1.165, 1.54) is 5.56 Å². The lowest BCUT2D eigenvalue weighted by atomic mass is 9.76. The maximum Gasteiger partial charge on any atom is 0.165 e. The zero-order valence-corrected chi connectivity index (χ0v) is 13.7. The molecule has 1 heterocycles. The van der Waals surface area contributed by atoms with Crippen LogP contribution in [0.4, 0.5) is 5.82 Å². The summed E-state index contributed by atoms with van der Waals surface area (Å²) in [5.41, 5.74) is 2.94. The molecule has 1 aromatic heterocycles. The normalized spacial score (nSPS) is 15.6. The molecule has 4 heteroatoms. The molecular formula is C18H21ClN2O. The molecule has 0 fully saturated rings. The van der Waals surface area contributed by atoms with Crippen molar-refractivity contribution in [1.29, 1.82) is 0 Å². The molecule has 1 N–H and O–H groups in total. The van der Waals surface area contributed by atoms with Crippen molar-refractivity contribution in [3.05, 3.63) is 59.3 Å². The van der Waals surface area contributed by atoms with E-state index in [0.29, 0.717) is 6.42 Å². The zero-order chi connectivity index (χ0) is 14.9. The molecule has 3 nitrogen and oxygen atoms in total. The summed E-state index contributed by atoms with van der Waals surface area (Å²) in [6, 6.07) is 14.0. The first kappa shape index (κ1) is 16.5. The highest BCUT2D eigenvalue weighted by atomic mass is 35.5. The number of aromatic nitrogens is 1. The maximum absolute atomic E-state index is 12.1. The Morgan fingerprint density at radius 1 is 1.09 bits per heavy atom. The molecule has 0 amide bonds. The maximum atomic E-state index is 12.1. The highest BCUT2D eigenvalue weighted by molar-refractivity contribution is 5.98. The van der Waals surface area contributed by atoms with Crippen molar-refractivity contribution in [2.45, 2.75) is 33.2 Å². The molecule has 0 spiro atoms. The number of ketones is 1. The van der Waals surface area contributed by atoms with E-state index < -0.39 is 0 Å². The number of nitrogens with one attached hydrogen (secondary N) is 1. The summed E-state index contributed by atoms with van der Waals surface area (Å²) >= 11 is 0. The van der Waals surface area contributed by atoms with Gasteiger partial charge in [-0.25, -0.2) is 4.98 Å². The van der Waals surface area contributed by atoms with E-state index >= 15 is 0 Å². The molecule has 0 saturated carbocycles. The first-order chi connectivity index (χ1) is 10.0. The number of fused-ring (bicyclic) bond motifs is 1. The van der Waals surface area contributed by atoms with Gasteiger partial charge < -0.3 is 5.32 Å². The van der Waals surface area contributed by atoms with Gasteiger partial charge in [0.15, 0.2) is 5.78 Å². The van der Waals surface area contributed by atoms with E-state index in [4.69, 9.17) is 0 Å². The Morgan fingerprint density at radius 2 is 1.82 bits per heavy atom. The van der Waals surface area contributed by atoms with Crippen molar-refractivity contribution in [2.24, 2.45) is 5.41 Å². The third-order valence-corrected chi connectivity index (χ3v) is 3.88. The lowest BCUT2D eigenvalue weighted by Crippen LogP contribution is -2.28. The number of nitrogens with zero attached hydrogens (tertiary/aromatic N) is 1. The third-order valence-electron chi connectivity index (χ3n) is 3.88. The van der Waals surface area contributed by atoms with Crippen LogP contribution in [0.2, 0.25) is 0 Å². The molecule has 0 saturated heterocycles. The molecule has 0 unspecified atom stereocenters. The summed E-state index contributed by atoms with van der Waals surface area (Å²) in [6.07, 6.45) is 1.47. The fourth-order valence-electron chi connectivity index (χ4n) is 2.82. The number of halogens is 1. The van der Waals surface area contributed by atoms with Gasteiger partial charge >= 0.3 is 0 Å². The summed E-state index contributed by atoms with van der Waals surface area (Å²) in [4.78, 5) is 16.8. The van der Waals surface area contributed by atoms with Crippen molar-refractivity contribution in [3.63, 3.8) is 0 Å². The number of pyridine rings is 1. The number of Topliss-reactive ketones (excluding diaryl/α,β-unsaturated/α-hetero) is 1. The van der Waals surface area contributed by atoms with Gasteiger partial charge in [-0.3, -0.25) is 4.79 Å². The molecule has 1 aromatic carbocycles. The van der Waals surface area contributed by atoms with E-state index in [0.717, 1.165) is 30.0 Å². The van der Waals surface area contributed by atoms with Crippen LogP contribution in [-0.2, 0) is 13.0 Å². The van der Waals surface area contributed by atoms with Gasteiger partial charge in [0.1, 0.15) is 5.82 Å². The SMILES string of the molecule is CC1(C)CC(=O)c2ccc(NCc3ccccc3)nc2C1.Cl. The van der Waals surface area contributed by atoms with Crippen molar-refractivity contribution in [3.8, 4) is 0 Å². The molecule has 0 aliphatic heterocycles. The second-order valence-corrected chi connectivity index (χ2v) is 6.47. The molecule has 1 aliphatic carbocycles. The van der Waals surface area contributed by atoms with Crippen LogP contribution in [0, 0.1) is 5.41 Å². The van der Waals surface area contributed by atoms with Crippen LogP contribution < -0.4 is 5.32 Å². The van der Waals surface area contributed by atoms with Gasteiger partial charge in [0.05, 0.1) is 5.69 Å². The first-order valence-corrected chi connectivity index (χ1v) is 7.34. The smallest absolute Gasteiger partial charge is 0.165 e. The van der Waals surface area contributed by atoms with Crippen molar-refractivity contribution < 1.29 is 4.79 Å². The van der Waals surface area contributed by atoms with Crippen LogP contribution in [0.25, 0.3) is 0 Å².